The van der Waals surface area contributed by atoms with Crippen LogP contribution in [0.25, 0.3) is 0 Å². The Kier molecular flexibility index (Phi) is 8.14. The van der Waals surface area contributed by atoms with Crippen molar-refractivity contribution >= 4 is 23.7 Å². The summed E-state index contributed by atoms with van der Waals surface area (Å²) in [4.78, 5) is 24.0. The smallest absolute Gasteiger partial charge is 0.413 e. The summed E-state index contributed by atoms with van der Waals surface area (Å²) >= 11 is 0. The molecule has 0 heterocycles. The molecule has 8 heteroatoms. The number of carbonyl (C=O) groups excluding carboxylic acids is 1. The fourth-order valence-electron chi connectivity index (χ4n) is 2.68. The van der Waals surface area contributed by atoms with Gasteiger partial charge < -0.3 is 14.4 Å². The van der Waals surface area contributed by atoms with Gasteiger partial charge in [-0.2, -0.15) is 0 Å². The lowest BCUT2D eigenvalue weighted by Gasteiger charge is -2.24. The SMILES string of the molecule is CCN(C(=O)OC)c1ccccc1C(C)O/N=C/C(=N\OC)c1ccc(F)cc1. The first-order chi connectivity index (χ1) is 14.0. The first-order valence-corrected chi connectivity index (χ1v) is 9.02. The molecule has 154 valence electrons. The van der Waals surface area contributed by atoms with Crippen LogP contribution >= 0.6 is 0 Å². The van der Waals surface area contributed by atoms with Crippen LogP contribution in [0, 0.1) is 5.82 Å². The van der Waals surface area contributed by atoms with Crippen LogP contribution in [0.3, 0.4) is 0 Å². The molecule has 0 fully saturated rings. The van der Waals surface area contributed by atoms with E-state index in [-0.39, 0.29) is 5.82 Å². The molecule has 1 atom stereocenters. The van der Waals surface area contributed by atoms with Gasteiger partial charge in [0, 0.05) is 17.7 Å². The normalized spacial score (nSPS) is 12.5. The quantitative estimate of drug-likeness (QED) is 0.481. The number of rotatable bonds is 8. The van der Waals surface area contributed by atoms with Gasteiger partial charge in [0.1, 0.15) is 18.6 Å². The maximum absolute atomic E-state index is 13.1. The molecule has 2 rings (SSSR count). The highest BCUT2D eigenvalue weighted by Gasteiger charge is 2.20. The molecular formula is C21H24FN3O4. The van der Waals surface area contributed by atoms with E-state index in [1.807, 2.05) is 38.1 Å². The molecule has 0 aromatic heterocycles. The zero-order valence-corrected chi connectivity index (χ0v) is 16.8. The van der Waals surface area contributed by atoms with Gasteiger partial charge in [-0.25, -0.2) is 9.18 Å². The number of nitrogens with zero attached hydrogens (tertiary/aromatic N) is 3. The monoisotopic (exact) mass is 401 g/mol. The summed E-state index contributed by atoms with van der Waals surface area (Å²) in [5.41, 5.74) is 2.44. The molecule has 1 unspecified atom stereocenters. The van der Waals surface area contributed by atoms with Gasteiger partial charge in [0.05, 0.1) is 19.0 Å². The van der Waals surface area contributed by atoms with Crippen LogP contribution in [0.5, 0.6) is 0 Å². The van der Waals surface area contributed by atoms with E-state index >= 15 is 0 Å². The van der Waals surface area contributed by atoms with E-state index in [0.29, 0.717) is 23.5 Å². The Labute approximate surface area is 169 Å². The third-order valence-electron chi connectivity index (χ3n) is 4.10. The van der Waals surface area contributed by atoms with Crippen molar-refractivity contribution in [3.05, 3.63) is 65.5 Å². The van der Waals surface area contributed by atoms with Crippen molar-refractivity contribution in [1.29, 1.82) is 0 Å². The summed E-state index contributed by atoms with van der Waals surface area (Å²) < 4.78 is 18.0. The Balaban J connectivity index is 2.19. The van der Waals surface area contributed by atoms with Crippen molar-refractivity contribution < 1.29 is 23.6 Å². The average molecular weight is 401 g/mol. The number of benzene rings is 2. The minimum absolute atomic E-state index is 0.352. The van der Waals surface area contributed by atoms with Crippen LogP contribution < -0.4 is 4.90 Å². The molecule has 0 aliphatic rings. The van der Waals surface area contributed by atoms with Gasteiger partial charge in [-0.1, -0.05) is 28.5 Å². The summed E-state index contributed by atoms with van der Waals surface area (Å²) in [6.45, 7) is 4.11. The van der Waals surface area contributed by atoms with Crippen LogP contribution in [-0.2, 0) is 14.4 Å². The predicted molar refractivity (Wildman–Crippen MR) is 110 cm³/mol. The van der Waals surface area contributed by atoms with Crippen LogP contribution in [0.4, 0.5) is 14.9 Å². The fraction of sp³-hybridized carbons (Fsp3) is 0.286. The lowest BCUT2D eigenvalue weighted by atomic mass is 10.1. The number of methoxy groups -OCH3 is 1. The van der Waals surface area contributed by atoms with Crippen LogP contribution in [0.15, 0.2) is 58.8 Å². The molecule has 0 saturated heterocycles. The lowest BCUT2D eigenvalue weighted by Crippen LogP contribution is -2.31. The second-order valence-electron chi connectivity index (χ2n) is 5.92. The third kappa shape index (κ3) is 5.78. The number of ether oxygens (including phenoxy) is 1. The summed E-state index contributed by atoms with van der Waals surface area (Å²) in [6.07, 6.45) is 0.466. The van der Waals surface area contributed by atoms with Gasteiger partial charge in [0.25, 0.3) is 0 Å². The molecule has 2 aromatic carbocycles. The molecular weight excluding hydrogens is 377 g/mol. The molecule has 0 bridgehead atoms. The number of para-hydroxylation sites is 1. The van der Waals surface area contributed by atoms with Gasteiger partial charge >= 0.3 is 6.09 Å². The molecule has 0 aliphatic heterocycles. The maximum atomic E-state index is 13.1. The number of hydrogen-bond donors (Lipinski definition) is 0. The Morgan fingerprint density at radius 3 is 2.48 bits per heavy atom. The van der Waals surface area contributed by atoms with Crippen molar-refractivity contribution in [3.63, 3.8) is 0 Å². The molecule has 7 nitrogen and oxygen atoms in total. The van der Waals surface area contributed by atoms with Crippen LogP contribution in [-0.4, -0.2) is 38.8 Å². The lowest BCUT2D eigenvalue weighted by molar-refractivity contribution is 0.0741. The summed E-state index contributed by atoms with van der Waals surface area (Å²) in [6, 6.07) is 13.1. The highest BCUT2D eigenvalue weighted by molar-refractivity contribution is 6.37. The van der Waals surface area contributed by atoms with Gasteiger partial charge in [0.2, 0.25) is 0 Å². The van der Waals surface area contributed by atoms with Gasteiger partial charge in [-0.15, -0.1) is 0 Å². The highest BCUT2D eigenvalue weighted by atomic mass is 19.1. The highest BCUT2D eigenvalue weighted by Crippen LogP contribution is 2.29. The molecule has 2 aromatic rings. The molecule has 0 N–H and O–H groups in total. The number of anilines is 1. The van der Waals surface area contributed by atoms with Crippen molar-refractivity contribution in [2.45, 2.75) is 20.0 Å². The second-order valence-corrected chi connectivity index (χ2v) is 5.92. The topological polar surface area (TPSA) is 72.7 Å². The zero-order valence-electron chi connectivity index (χ0n) is 16.8. The summed E-state index contributed by atoms with van der Waals surface area (Å²) in [5, 5.41) is 7.87. The Morgan fingerprint density at radius 2 is 1.86 bits per heavy atom. The number of halogens is 1. The molecule has 1 amide bonds. The van der Waals surface area contributed by atoms with Gasteiger partial charge in [-0.3, -0.25) is 4.90 Å². The van der Waals surface area contributed by atoms with E-state index < -0.39 is 12.2 Å². The zero-order chi connectivity index (χ0) is 21.2. The third-order valence-corrected chi connectivity index (χ3v) is 4.10. The fourth-order valence-corrected chi connectivity index (χ4v) is 2.68. The molecule has 0 spiro atoms. The molecule has 29 heavy (non-hydrogen) atoms. The van der Waals surface area contributed by atoms with Crippen molar-refractivity contribution in [2.24, 2.45) is 10.3 Å². The van der Waals surface area contributed by atoms with E-state index in [1.54, 1.807) is 12.1 Å². The van der Waals surface area contributed by atoms with E-state index in [2.05, 4.69) is 10.3 Å². The van der Waals surface area contributed by atoms with Gasteiger partial charge in [-0.05, 0) is 44.2 Å². The molecule has 0 saturated carbocycles. The first-order valence-electron chi connectivity index (χ1n) is 9.02. The average Bonchev–Trinajstić information content (AvgIpc) is 2.74. The second kappa shape index (κ2) is 10.8. The van der Waals surface area contributed by atoms with Crippen LogP contribution in [0.1, 0.15) is 31.1 Å². The van der Waals surface area contributed by atoms with E-state index in [1.165, 1.54) is 37.5 Å². The largest absolute Gasteiger partial charge is 0.452 e. The molecule has 0 aliphatic carbocycles. The van der Waals surface area contributed by atoms with Crippen LogP contribution in [0.2, 0.25) is 0 Å². The number of amides is 1. The summed E-state index contributed by atoms with van der Waals surface area (Å²) in [7, 11) is 2.74. The minimum atomic E-state index is -0.460. The molecule has 0 radical (unpaired) electrons. The van der Waals surface area contributed by atoms with Gasteiger partial charge in [0.15, 0.2) is 6.10 Å². The standard InChI is InChI=1S/C21H24FN3O4/c1-5-25(21(26)27-3)20-9-7-6-8-18(20)15(2)29-23-14-19(24-28-4)16-10-12-17(22)13-11-16/h6-15H,5H2,1-4H3/b23-14+,24-19+. The predicted octanol–water partition coefficient (Wildman–Crippen LogP) is 4.53. The van der Waals surface area contributed by atoms with Crippen molar-refractivity contribution in [1.82, 2.24) is 0 Å². The maximum Gasteiger partial charge on any atom is 0.413 e. The van der Waals surface area contributed by atoms with E-state index in [0.717, 1.165) is 5.56 Å². The number of carbonyl (C=O) groups is 1. The van der Waals surface area contributed by atoms with Crippen molar-refractivity contribution in [3.8, 4) is 0 Å². The Bertz CT molecular complexity index is 868. The van der Waals surface area contributed by atoms with E-state index in [4.69, 9.17) is 14.4 Å². The Morgan fingerprint density at radius 1 is 1.17 bits per heavy atom. The summed E-state index contributed by atoms with van der Waals surface area (Å²) in [5.74, 6) is -0.352. The van der Waals surface area contributed by atoms with Crippen molar-refractivity contribution in [2.75, 3.05) is 25.7 Å². The number of hydrogen-bond acceptors (Lipinski definition) is 6. The minimum Gasteiger partial charge on any atom is -0.452 e. The Hall–Kier alpha value is -3.42. The first kappa shape index (κ1) is 21.9. The number of oxime groups is 2. The van der Waals surface area contributed by atoms with E-state index in [9.17, 15) is 9.18 Å².